The highest BCUT2D eigenvalue weighted by molar-refractivity contribution is 5.61. The number of benzene rings is 2. The van der Waals surface area contributed by atoms with Gasteiger partial charge in [-0.25, -0.2) is 4.68 Å². The maximum Gasteiger partial charge on any atom is 0.0832 e. The second kappa shape index (κ2) is 7.72. The highest BCUT2D eigenvalue weighted by Gasteiger charge is 2.03. The van der Waals surface area contributed by atoms with E-state index in [1.54, 1.807) is 4.68 Å². The van der Waals surface area contributed by atoms with E-state index >= 15 is 0 Å². The zero-order chi connectivity index (χ0) is 16.8. The fourth-order valence-electron chi connectivity index (χ4n) is 2.36. The number of aromatic nitrogens is 3. The molecule has 0 spiro atoms. The van der Waals surface area contributed by atoms with Crippen LogP contribution in [0.4, 0.5) is 11.4 Å². The van der Waals surface area contributed by atoms with Gasteiger partial charge in [0.05, 0.1) is 24.2 Å². The van der Waals surface area contributed by atoms with E-state index in [2.05, 4.69) is 15.6 Å². The highest BCUT2D eigenvalue weighted by Crippen LogP contribution is 2.19. The van der Waals surface area contributed by atoms with Crippen LogP contribution in [0.1, 0.15) is 17.7 Å². The van der Waals surface area contributed by atoms with Gasteiger partial charge in [0.15, 0.2) is 0 Å². The maximum absolute atomic E-state index is 9.06. The topological polar surface area (TPSA) is 83.2 Å². The van der Waals surface area contributed by atoms with Gasteiger partial charge in [0.2, 0.25) is 0 Å². The lowest BCUT2D eigenvalue weighted by molar-refractivity contribution is 0.282. The molecule has 6 nitrogen and oxygen atoms in total. The summed E-state index contributed by atoms with van der Waals surface area (Å²) in [5.41, 5.74) is 4.62. The molecule has 0 unspecified atom stereocenters. The fourth-order valence-corrected chi connectivity index (χ4v) is 2.36. The van der Waals surface area contributed by atoms with Crippen LogP contribution >= 0.6 is 0 Å². The summed E-state index contributed by atoms with van der Waals surface area (Å²) in [7, 11) is 0. The Bertz CT molecular complexity index is 766. The van der Waals surface area contributed by atoms with Crippen LogP contribution in [0, 0.1) is 0 Å². The van der Waals surface area contributed by atoms with E-state index in [4.69, 9.17) is 10.2 Å². The summed E-state index contributed by atoms with van der Waals surface area (Å²) in [5, 5.41) is 29.4. The lowest BCUT2D eigenvalue weighted by atomic mass is 10.2. The zero-order valence-corrected chi connectivity index (χ0v) is 13.3. The Morgan fingerprint density at radius 2 is 1.58 bits per heavy atom. The molecule has 1 heterocycles. The molecule has 24 heavy (non-hydrogen) atoms. The summed E-state index contributed by atoms with van der Waals surface area (Å²) in [5.74, 6) is 0. The number of aliphatic hydroxyl groups is 2. The molecule has 0 saturated carbocycles. The molecular formula is C18H20N4O2. The van der Waals surface area contributed by atoms with Crippen LogP contribution in [-0.2, 0) is 13.0 Å². The Morgan fingerprint density at radius 1 is 0.917 bits per heavy atom. The molecule has 0 radical (unpaired) electrons. The van der Waals surface area contributed by atoms with Crippen molar-refractivity contribution in [2.24, 2.45) is 0 Å². The number of hydrogen-bond acceptors (Lipinski definition) is 5. The zero-order valence-electron chi connectivity index (χ0n) is 13.3. The van der Waals surface area contributed by atoms with Crippen molar-refractivity contribution < 1.29 is 10.2 Å². The molecule has 6 heteroatoms. The molecule has 3 aromatic rings. The summed E-state index contributed by atoms with van der Waals surface area (Å²) in [6, 6.07) is 15.5. The molecular weight excluding hydrogens is 304 g/mol. The van der Waals surface area contributed by atoms with Crippen molar-refractivity contribution in [1.29, 1.82) is 0 Å². The minimum atomic E-state index is 0.0488. The Balaban J connectivity index is 1.67. The van der Waals surface area contributed by atoms with Crippen molar-refractivity contribution >= 4 is 11.4 Å². The number of hydrogen-bond donors (Lipinski definition) is 3. The second-order valence-corrected chi connectivity index (χ2v) is 5.51. The molecule has 0 aliphatic rings. The largest absolute Gasteiger partial charge is 0.396 e. The minimum Gasteiger partial charge on any atom is -0.396 e. The van der Waals surface area contributed by atoms with Crippen LogP contribution in [0.25, 0.3) is 5.69 Å². The smallest absolute Gasteiger partial charge is 0.0832 e. The van der Waals surface area contributed by atoms with Gasteiger partial charge in [-0.2, -0.15) is 0 Å². The molecule has 0 aliphatic heterocycles. The molecule has 124 valence electrons. The van der Waals surface area contributed by atoms with Crippen molar-refractivity contribution in [3.05, 3.63) is 66.0 Å². The third-order valence-electron chi connectivity index (χ3n) is 3.69. The summed E-state index contributed by atoms with van der Waals surface area (Å²) in [6.45, 7) is 0.208. The van der Waals surface area contributed by atoms with E-state index in [0.29, 0.717) is 6.42 Å². The molecule has 3 N–H and O–H groups in total. The molecule has 0 bridgehead atoms. The highest BCUT2D eigenvalue weighted by atomic mass is 16.3. The van der Waals surface area contributed by atoms with Crippen LogP contribution in [0.5, 0.6) is 0 Å². The Morgan fingerprint density at radius 3 is 2.21 bits per heavy atom. The first-order chi connectivity index (χ1) is 11.8. The van der Waals surface area contributed by atoms with Crippen molar-refractivity contribution in [3.63, 3.8) is 0 Å². The van der Waals surface area contributed by atoms with E-state index in [1.165, 1.54) is 0 Å². The maximum atomic E-state index is 9.06. The number of nitrogens with one attached hydrogen (secondary N) is 1. The number of aliphatic hydroxyl groups excluding tert-OH is 2. The first kappa shape index (κ1) is 16.2. The van der Waals surface area contributed by atoms with E-state index in [-0.39, 0.29) is 13.2 Å². The molecule has 0 atom stereocenters. The van der Waals surface area contributed by atoms with Gasteiger partial charge in [0, 0.05) is 18.0 Å². The Kier molecular flexibility index (Phi) is 5.20. The van der Waals surface area contributed by atoms with Gasteiger partial charge in [0.1, 0.15) is 0 Å². The predicted octanol–water partition coefficient (Wildman–Crippen LogP) is 2.43. The second-order valence-electron chi connectivity index (χ2n) is 5.51. The summed E-state index contributed by atoms with van der Waals surface area (Å²) >= 11 is 0. The van der Waals surface area contributed by atoms with Gasteiger partial charge < -0.3 is 15.5 Å². The van der Waals surface area contributed by atoms with E-state index in [1.807, 2.05) is 54.7 Å². The number of aryl methyl sites for hydroxylation is 1. The van der Waals surface area contributed by atoms with Crippen LogP contribution in [0.2, 0.25) is 0 Å². The number of nitrogens with zero attached hydrogens (tertiary/aromatic N) is 3. The third kappa shape index (κ3) is 3.98. The van der Waals surface area contributed by atoms with Gasteiger partial charge in [0.25, 0.3) is 0 Å². The standard InChI is InChI=1S/C18H20N4O2/c23-11-1-2-17-12-22(21-20-17)18-9-7-16(8-10-18)19-15-5-3-14(13-24)4-6-15/h3-10,12,19,23-24H,1-2,11,13H2. The SMILES string of the molecule is OCCCc1cn(-c2ccc(Nc3ccc(CO)cc3)cc2)nn1. The number of rotatable bonds is 7. The quantitative estimate of drug-likeness (QED) is 0.622. The summed E-state index contributed by atoms with van der Waals surface area (Å²) in [6.07, 6.45) is 3.29. The summed E-state index contributed by atoms with van der Waals surface area (Å²) in [4.78, 5) is 0. The minimum absolute atomic E-state index is 0.0488. The van der Waals surface area contributed by atoms with Crippen molar-refractivity contribution in [1.82, 2.24) is 15.0 Å². The molecule has 1 aromatic heterocycles. The molecule has 3 rings (SSSR count). The van der Waals surface area contributed by atoms with Gasteiger partial charge >= 0.3 is 0 Å². The van der Waals surface area contributed by atoms with Crippen LogP contribution in [0.3, 0.4) is 0 Å². The Labute approximate surface area is 140 Å². The van der Waals surface area contributed by atoms with Gasteiger partial charge in [-0.05, 0) is 54.8 Å². The average molecular weight is 324 g/mol. The molecule has 0 aliphatic carbocycles. The van der Waals surface area contributed by atoms with E-state index in [0.717, 1.165) is 34.7 Å². The van der Waals surface area contributed by atoms with Crippen molar-refractivity contribution in [2.45, 2.75) is 19.4 Å². The lowest BCUT2D eigenvalue weighted by Gasteiger charge is -2.08. The Hall–Kier alpha value is -2.70. The van der Waals surface area contributed by atoms with Crippen LogP contribution in [-0.4, -0.2) is 31.8 Å². The van der Waals surface area contributed by atoms with Crippen LogP contribution in [0.15, 0.2) is 54.7 Å². The van der Waals surface area contributed by atoms with Crippen molar-refractivity contribution in [2.75, 3.05) is 11.9 Å². The average Bonchev–Trinajstić information content (AvgIpc) is 3.10. The number of anilines is 2. The molecule has 0 saturated heterocycles. The van der Waals surface area contributed by atoms with E-state index < -0.39 is 0 Å². The first-order valence-corrected chi connectivity index (χ1v) is 7.88. The lowest BCUT2D eigenvalue weighted by Crippen LogP contribution is -1.96. The fraction of sp³-hybridized carbons (Fsp3) is 0.222. The monoisotopic (exact) mass is 324 g/mol. The molecule has 2 aromatic carbocycles. The van der Waals surface area contributed by atoms with Gasteiger partial charge in [-0.15, -0.1) is 5.10 Å². The van der Waals surface area contributed by atoms with Gasteiger partial charge in [-0.3, -0.25) is 0 Å². The van der Waals surface area contributed by atoms with Crippen molar-refractivity contribution in [3.8, 4) is 5.69 Å². The molecule has 0 amide bonds. The van der Waals surface area contributed by atoms with E-state index in [9.17, 15) is 0 Å². The van der Waals surface area contributed by atoms with Crippen LogP contribution < -0.4 is 5.32 Å². The van der Waals surface area contributed by atoms with Gasteiger partial charge in [-0.1, -0.05) is 17.3 Å². The first-order valence-electron chi connectivity index (χ1n) is 7.88. The normalized spacial score (nSPS) is 10.8. The summed E-state index contributed by atoms with van der Waals surface area (Å²) < 4.78 is 1.73. The molecule has 0 fully saturated rings. The third-order valence-corrected chi connectivity index (χ3v) is 3.69. The predicted molar refractivity (Wildman–Crippen MR) is 92.4 cm³/mol.